The summed E-state index contributed by atoms with van der Waals surface area (Å²) >= 11 is 0. The molecule has 0 aliphatic heterocycles. The molecule has 0 fully saturated rings. The van der Waals surface area contributed by atoms with E-state index in [1.807, 2.05) is 23.0 Å². The van der Waals surface area contributed by atoms with Gasteiger partial charge in [0.2, 0.25) is 0 Å². The van der Waals surface area contributed by atoms with Crippen LogP contribution in [-0.2, 0) is 0 Å². The summed E-state index contributed by atoms with van der Waals surface area (Å²) in [6.45, 7) is 0. The number of amides is 2. The summed E-state index contributed by atoms with van der Waals surface area (Å²) in [7, 11) is 0. The van der Waals surface area contributed by atoms with Crippen LogP contribution in [0.5, 0.6) is 0 Å². The number of rotatable bonds is 4. The lowest BCUT2D eigenvalue weighted by molar-refractivity contribution is 0.0651. The quantitative estimate of drug-likeness (QED) is 0.202. The van der Waals surface area contributed by atoms with Crippen molar-refractivity contribution in [3.63, 3.8) is 0 Å². The van der Waals surface area contributed by atoms with E-state index in [1.165, 1.54) is 24.3 Å². The minimum absolute atomic E-state index is 0.190. The third-order valence-electron chi connectivity index (χ3n) is 3.72. The number of nitrogens with two attached hydrogens (primary N) is 2. The molecule has 3 rings (SSSR count). The number of carbonyl (C=O) groups excluding carboxylic acids is 2. The SMILES string of the molecule is NNC(=O)c1ccccc1.NNC(=O)c1ccccc1.O=C(O)c1ccccc1C(=O)O. The van der Waals surface area contributed by atoms with E-state index in [-0.39, 0.29) is 22.9 Å². The van der Waals surface area contributed by atoms with Crippen LogP contribution in [0.25, 0.3) is 0 Å². The third kappa shape index (κ3) is 8.45. The number of nitrogen functional groups attached to an aromatic ring is 2. The van der Waals surface area contributed by atoms with Gasteiger partial charge in [0.05, 0.1) is 11.1 Å². The lowest BCUT2D eigenvalue weighted by Crippen LogP contribution is -2.29. The van der Waals surface area contributed by atoms with Crippen molar-refractivity contribution in [1.82, 2.24) is 10.9 Å². The summed E-state index contributed by atoms with van der Waals surface area (Å²) in [4.78, 5) is 42.5. The van der Waals surface area contributed by atoms with Crippen molar-refractivity contribution in [3.8, 4) is 0 Å². The molecule has 0 saturated heterocycles. The maximum atomic E-state index is 10.8. The first-order chi connectivity index (χ1) is 15.3. The first-order valence-corrected chi connectivity index (χ1v) is 8.99. The molecule has 166 valence electrons. The van der Waals surface area contributed by atoms with E-state index >= 15 is 0 Å². The molecule has 32 heavy (non-hydrogen) atoms. The van der Waals surface area contributed by atoms with E-state index < -0.39 is 11.9 Å². The highest BCUT2D eigenvalue weighted by atomic mass is 16.4. The molecule has 3 aromatic rings. The number of hydrogen-bond acceptors (Lipinski definition) is 6. The first kappa shape index (κ1) is 25.5. The molecule has 0 bridgehead atoms. The lowest BCUT2D eigenvalue weighted by atomic mass is 10.1. The van der Waals surface area contributed by atoms with Gasteiger partial charge in [-0.3, -0.25) is 20.4 Å². The van der Waals surface area contributed by atoms with E-state index in [4.69, 9.17) is 21.9 Å². The number of carbonyl (C=O) groups is 4. The van der Waals surface area contributed by atoms with Crippen molar-refractivity contribution in [2.45, 2.75) is 0 Å². The van der Waals surface area contributed by atoms with E-state index in [0.29, 0.717) is 11.1 Å². The number of benzene rings is 3. The molecular formula is C22H22N4O6. The van der Waals surface area contributed by atoms with Gasteiger partial charge in [-0.25, -0.2) is 21.3 Å². The standard InChI is InChI=1S/C8H6O4.2C7H8N2O/c9-7(10)5-3-1-2-4-6(5)8(11)12;2*8-9-7(10)6-4-2-1-3-5-6/h1-4H,(H,9,10)(H,11,12);2*1-5H,8H2,(H,9,10). The molecule has 0 radical (unpaired) electrons. The highest BCUT2D eigenvalue weighted by Gasteiger charge is 2.13. The Kier molecular flexibility index (Phi) is 10.9. The Bertz CT molecular complexity index is 958. The zero-order chi connectivity index (χ0) is 23.9. The fourth-order valence-electron chi connectivity index (χ4n) is 2.20. The van der Waals surface area contributed by atoms with Crippen LogP contribution in [0, 0.1) is 0 Å². The van der Waals surface area contributed by atoms with Crippen molar-refractivity contribution < 1.29 is 29.4 Å². The molecule has 2 amide bonds. The summed E-state index contributed by atoms with van der Waals surface area (Å²) in [6.07, 6.45) is 0. The second-order valence-electron chi connectivity index (χ2n) is 5.83. The molecule has 0 saturated carbocycles. The van der Waals surface area contributed by atoms with Gasteiger partial charge >= 0.3 is 11.9 Å². The van der Waals surface area contributed by atoms with Gasteiger partial charge in [0.15, 0.2) is 0 Å². The summed E-state index contributed by atoms with van der Waals surface area (Å²) < 4.78 is 0. The van der Waals surface area contributed by atoms with Crippen LogP contribution in [0.15, 0.2) is 84.9 Å². The summed E-state index contributed by atoms with van der Waals surface area (Å²) in [5.41, 5.74) is 4.85. The molecule has 0 aliphatic rings. The van der Waals surface area contributed by atoms with E-state index in [0.717, 1.165) is 0 Å². The number of hydrogen-bond donors (Lipinski definition) is 6. The van der Waals surface area contributed by atoms with Gasteiger partial charge in [-0.1, -0.05) is 48.5 Å². The molecule has 3 aromatic carbocycles. The van der Waals surface area contributed by atoms with Crippen LogP contribution < -0.4 is 22.5 Å². The van der Waals surface area contributed by atoms with Crippen LogP contribution >= 0.6 is 0 Å². The van der Waals surface area contributed by atoms with E-state index in [1.54, 1.807) is 48.5 Å². The molecule has 0 atom stereocenters. The maximum absolute atomic E-state index is 10.8. The minimum atomic E-state index is -1.23. The molecule has 8 N–H and O–H groups in total. The van der Waals surface area contributed by atoms with Crippen molar-refractivity contribution in [1.29, 1.82) is 0 Å². The van der Waals surface area contributed by atoms with Crippen LogP contribution in [0.1, 0.15) is 41.4 Å². The molecule has 0 unspecified atom stereocenters. The normalized spacial score (nSPS) is 9.06. The molecule has 0 spiro atoms. The Labute approximate surface area is 183 Å². The first-order valence-electron chi connectivity index (χ1n) is 8.99. The highest BCUT2D eigenvalue weighted by Crippen LogP contribution is 2.07. The van der Waals surface area contributed by atoms with Crippen molar-refractivity contribution in [2.24, 2.45) is 11.7 Å². The lowest BCUT2D eigenvalue weighted by Gasteiger charge is -1.98. The fraction of sp³-hybridized carbons (Fsp3) is 0. The molecule has 0 heterocycles. The van der Waals surface area contributed by atoms with Crippen molar-refractivity contribution in [3.05, 3.63) is 107 Å². The fourth-order valence-corrected chi connectivity index (χ4v) is 2.20. The second-order valence-corrected chi connectivity index (χ2v) is 5.83. The number of carboxylic acid groups (broad SMARTS) is 2. The molecule has 10 nitrogen and oxygen atoms in total. The average Bonchev–Trinajstić information content (AvgIpc) is 2.84. The minimum Gasteiger partial charge on any atom is -0.478 e. The van der Waals surface area contributed by atoms with Gasteiger partial charge in [-0.05, 0) is 36.4 Å². The number of nitrogens with one attached hydrogen (secondary N) is 2. The van der Waals surface area contributed by atoms with Gasteiger partial charge in [0, 0.05) is 11.1 Å². The topological polar surface area (TPSA) is 185 Å². The zero-order valence-corrected chi connectivity index (χ0v) is 16.8. The highest BCUT2D eigenvalue weighted by molar-refractivity contribution is 6.01. The maximum Gasteiger partial charge on any atom is 0.336 e. The smallest absolute Gasteiger partial charge is 0.336 e. The molecular weight excluding hydrogens is 416 g/mol. The number of carboxylic acids is 2. The van der Waals surface area contributed by atoms with Gasteiger partial charge in [-0.2, -0.15) is 0 Å². The van der Waals surface area contributed by atoms with Crippen LogP contribution in [0.4, 0.5) is 0 Å². The Morgan fingerprint density at radius 1 is 0.531 bits per heavy atom. The summed E-state index contributed by atoms with van der Waals surface area (Å²) in [6, 6.07) is 23.1. The predicted octanol–water partition coefficient (Wildman–Crippen LogP) is 1.66. The Morgan fingerprint density at radius 2 is 0.812 bits per heavy atom. The predicted molar refractivity (Wildman–Crippen MR) is 117 cm³/mol. The van der Waals surface area contributed by atoms with Gasteiger partial charge < -0.3 is 10.2 Å². The Balaban J connectivity index is 0.000000241. The van der Waals surface area contributed by atoms with E-state index in [2.05, 4.69) is 0 Å². The molecule has 0 aliphatic carbocycles. The zero-order valence-electron chi connectivity index (χ0n) is 16.8. The van der Waals surface area contributed by atoms with E-state index in [9.17, 15) is 19.2 Å². The van der Waals surface area contributed by atoms with Crippen molar-refractivity contribution in [2.75, 3.05) is 0 Å². The van der Waals surface area contributed by atoms with Crippen LogP contribution in [0.3, 0.4) is 0 Å². The third-order valence-corrected chi connectivity index (χ3v) is 3.72. The van der Waals surface area contributed by atoms with Gasteiger partial charge in [0.1, 0.15) is 0 Å². The number of hydrazine groups is 2. The van der Waals surface area contributed by atoms with Crippen molar-refractivity contribution >= 4 is 23.8 Å². The molecule has 10 heteroatoms. The Morgan fingerprint density at radius 3 is 1.06 bits per heavy atom. The van der Waals surface area contributed by atoms with Crippen LogP contribution in [0.2, 0.25) is 0 Å². The van der Waals surface area contributed by atoms with Gasteiger partial charge in [-0.15, -0.1) is 0 Å². The van der Waals surface area contributed by atoms with Crippen LogP contribution in [-0.4, -0.2) is 34.0 Å². The molecule has 0 aromatic heterocycles. The Hall–Kier alpha value is -4.54. The number of aromatic carboxylic acids is 2. The summed E-state index contributed by atoms with van der Waals surface area (Å²) in [5.74, 6) is 6.82. The van der Waals surface area contributed by atoms with Gasteiger partial charge in [0.25, 0.3) is 11.8 Å². The largest absolute Gasteiger partial charge is 0.478 e. The monoisotopic (exact) mass is 438 g/mol. The average molecular weight is 438 g/mol. The second kappa shape index (κ2) is 13.6. The summed E-state index contributed by atoms with van der Waals surface area (Å²) in [5, 5.41) is 17.1.